The van der Waals surface area contributed by atoms with Crippen LogP contribution in [0.4, 0.5) is 0 Å². The Morgan fingerprint density at radius 1 is 1.23 bits per heavy atom. The number of Topliss-reactive ketones (excluding diaryl/α,β-unsaturated/α-hetero) is 1. The van der Waals surface area contributed by atoms with Crippen molar-refractivity contribution in [3.05, 3.63) is 0 Å². The van der Waals surface area contributed by atoms with Crippen molar-refractivity contribution >= 4 is 17.7 Å². The van der Waals surface area contributed by atoms with Gasteiger partial charge in [0.25, 0.3) is 0 Å². The van der Waals surface area contributed by atoms with Crippen LogP contribution >= 0.6 is 0 Å². The predicted molar refractivity (Wildman–Crippen MR) is 85.7 cm³/mol. The third-order valence-electron chi connectivity index (χ3n) is 8.77. The van der Waals surface area contributed by atoms with Crippen LogP contribution in [0.2, 0.25) is 0 Å². The summed E-state index contributed by atoms with van der Waals surface area (Å²) in [5.41, 5.74) is -3.84. The summed E-state index contributed by atoms with van der Waals surface area (Å²) in [6, 6.07) is 0. The summed E-state index contributed by atoms with van der Waals surface area (Å²) in [5, 5.41) is 31.3. The molecule has 5 fully saturated rings. The molecule has 1 aliphatic heterocycles. The number of carbonyl (C=O) groups is 3. The fourth-order valence-corrected chi connectivity index (χ4v) is 7.86. The van der Waals surface area contributed by atoms with Crippen LogP contribution in [0.1, 0.15) is 46.0 Å². The molecule has 3 N–H and O–H groups in total. The van der Waals surface area contributed by atoms with Crippen molar-refractivity contribution in [1.82, 2.24) is 0 Å². The summed E-state index contributed by atoms with van der Waals surface area (Å²) in [5.74, 6) is -3.49. The molecule has 7 heteroatoms. The maximum Gasteiger partial charge on any atom is 0.315 e. The summed E-state index contributed by atoms with van der Waals surface area (Å²) < 4.78 is 5.87. The van der Waals surface area contributed by atoms with Crippen molar-refractivity contribution in [2.24, 2.45) is 34.0 Å². The Hall–Kier alpha value is -1.47. The smallest absolute Gasteiger partial charge is 0.315 e. The number of carbonyl (C=O) groups excluding carboxylic acids is 2. The maximum absolute atomic E-state index is 12.8. The van der Waals surface area contributed by atoms with E-state index in [1.54, 1.807) is 0 Å². The number of fused-ring (bicyclic) bond motifs is 1. The van der Waals surface area contributed by atoms with E-state index in [9.17, 15) is 29.7 Å². The first-order valence-electron chi connectivity index (χ1n) is 9.39. The lowest BCUT2D eigenvalue weighted by molar-refractivity contribution is -0.164. The molecule has 4 saturated carbocycles. The van der Waals surface area contributed by atoms with Crippen LogP contribution < -0.4 is 0 Å². The maximum atomic E-state index is 12.8. The first-order chi connectivity index (χ1) is 12.0. The average molecular weight is 364 g/mol. The topological polar surface area (TPSA) is 121 Å². The van der Waals surface area contributed by atoms with Gasteiger partial charge in [-0.15, -0.1) is 0 Å². The minimum atomic E-state index is -1.46. The van der Waals surface area contributed by atoms with E-state index in [-0.39, 0.29) is 24.5 Å². The number of aliphatic carboxylic acids is 1. The number of esters is 1. The molecule has 0 aromatic heterocycles. The highest BCUT2D eigenvalue weighted by Crippen LogP contribution is 2.78. The molecule has 142 valence electrons. The Bertz CT molecular complexity index is 763. The SMILES string of the molecule is CC12CCC3C(CC1=O)(C2)C(C(=O)O)C1C32CC(O)C(O)C1(C)C(=O)O2. The van der Waals surface area contributed by atoms with Gasteiger partial charge in [-0.2, -0.15) is 0 Å². The summed E-state index contributed by atoms with van der Waals surface area (Å²) in [6.45, 7) is 3.43. The van der Waals surface area contributed by atoms with Gasteiger partial charge in [0.1, 0.15) is 16.8 Å². The van der Waals surface area contributed by atoms with Gasteiger partial charge in [-0.05, 0) is 31.6 Å². The normalized spacial score (nSPS) is 59.8. The highest BCUT2D eigenvalue weighted by molar-refractivity contribution is 5.91. The van der Waals surface area contributed by atoms with Gasteiger partial charge in [0.05, 0.1) is 18.1 Å². The standard InChI is InChI=1S/C19H24O7/c1-16-4-3-9-18(7-16,6-10(16)21)11(14(23)24)12-17(2)13(22)8(20)5-19(9,12)26-15(17)25/h8-9,11-13,20,22H,3-7H2,1-2H3,(H,23,24). The number of ether oxygens (including phenoxy) is 1. The summed E-state index contributed by atoms with van der Waals surface area (Å²) in [4.78, 5) is 38.0. The summed E-state index contributed by atoms with van der Waals surface area (Å²) in [7, 11) is 0. The molecule has 0 aromatic rings. The third kappa shape index (κ3) is 1.43. The zero-order valence-corrected chi connectivity index (χ0v) is 14.9. The minimum Gasteiger partial charge on any atom is -0.481 e. The van der Waals surface area contributed by atoms with Crippen molar-refractivity contribution in [1.29, 1.82) is 0 Å². The van der Waals surface area contributed by atoms with Gasteiger partial charge >= 0.3 is 11.9 Å². The molecule has 1 saturated heterocycles. The van der Waals surface area contributed by atoms with Gasteiger partial charge < -0.3 is 20.1 Å². The molecule has 4 aliphatic carbocycles. The van der Waals surface area contributed by atoms with Gasteiger partial charge in [-0.1, -0.05) is 6.92 Å². The lowest BCUT2D eigenvalue weighted by atomic mass is 9.58. The molecule has 0 aromatic carbocycles. The lowest BCUT2D eigenvalue weighted by Gasteiger charge is -2.47. The Labute approximate surface area is 150 Å². The highest BCUT2D eigenvalue weighted by atomic mass is 16.6. The van der Waals surface area contributed by atoms with E-state index in [1.807, 2.05) is 6.92 Å². The fourth-order valence-electron chi connectivity index (χ4n) is 7.86. The molecule has 5 aliphatic rings. The first-order valence-corrected chi connectivity index (χ1v) is 9.39. The molecule has 1 heterocycles. The Kier molecular flexibility index (Phi) is 2.78. The lowest BCUT2D eigenvalue weighted by Crippen LogP contribution is -2.59. The molecule has 9 unspecified atom stereocenters. The number of rotatable bonds is 1. The number of carboxylic acids is 1. The van der Waals surface area contributed by atoms with Gasteiger partial charge in [0.15, 0.2) is 0 Å². The van der Waals surface area contributed by atoms with E-state index in [0.717, 1.165) is 0 Å². The number of aliphatic hydroxyl groups excluding tert-OH is 2. The van der Waals surface area contributed by atoms with Crippen molar-refractivity contribution in [2.75, 3.05) is 0 Å². The first kappa shape index (κ1) is 16.7. The van der Waals surface area contributed by atoms with Crippen LogP contribution in [0.3, 0.4) is 0 Å². The quantitative estimate of drug-likeness (QED) is 0.580. The molecule has 5 rings (SSSR count). The van der Waals surface area contributed by atoms with Crippen LogP contribution in [0.25, 0.3) is 0 Å². The third-order valence-corrected chi connectivity index (χ3v) is 8.77. The van der Waals surface area contributed by atoms with E-state index >= 15 is 0 Å². The van der Waals surface area contributed by atoms with Crippen molar-refractivity contribution in [3.8, 4) is 0 Å². The number of carboxylic acid groups (broad SMARTS) is 1. The van der Waals surface area contributed by atoms with Gasteiger partial charge in [-0.25, -0.2) is 0 Å². The van der Waals surface area contributed by atoms with E-state index < -0.39 is 57.8 Å². The van der Waals surface area contributed by atoms with Gasteiger partial charge in [0, 0.05) is 30.1 Å². The number of ketones is 1. The van der Waals surface area contributed by atoms with Gasteiger partial charge in [0.2, 0.25) is 0 Å². The van der Waals surface area contributed by atoms with E-state index in [0.29, 0.717) is 19.3 Å². The van der Waals surface area contributed by atoms with Gasteiger partial charge in [-0.3, -0.25) is 14.4 Å². The van der Waals surface area contributed by atoms with E-state index in [2.05, 4.69) is 0 Å². The van der Waals surface area contributed by atoms with Crippen LogP contribution in [-0.2, 0) is 19.1 Å². The summed E-state index contributed by atoms with van der Waals surface area (Å²) in [6.07, 6.45) is -0.542. The molecular formula is C19H24O7. The van der Waals surface area contributed by atoms with Crippen LogP contribution in [0, 0.1) is 34.0 Å². The number of hydrogen-bond donors (Lipinski definition) is 3. The molecular weight excluding hydrogens is 340 g/mol. The average Bonchev–Trinajstić information content (AvgIpc) is 2.96. The van der Waals surface area contributed by atoms with Crippen LogP contribution in [0.15, 0.2) is 0 Å². The largest absolute Gasteiger partial charge is 0.481 e. The summed E-state index contributed by atoms with van der Waals surface area (Å²) >= 11 is 0. The second-order valence-corrected chi connectivity index (χ2v) is 9.80. The second-order valence-electron chi connectivity index (χ2n) is 9.80. The molecule has 1 spiro atoms. The van der Waals surface area contributed by atoms with Crippen molar-refractivity contribution < 1.29 is 34.4 Å². The molecule has 9 atom stereocenters. The molecule has 26 heavy (non-hydrogen) atoms. The van der Waals surface area contributed by atoms with Crippen molar-refractivity contribution in [3.63, 3.8) is 0 Å². The molecule has 7 nitrogen and oxygen atoms in total. The zero-order valence-electron chi connectivity index (χ0n) is 14.9. The Morgan fingerprint density at radius 3 is 2.58 bits per heavy atom. The van der Waals surface area contributed by atoms with E-state index in [4.69, 9.17) is 4.74 Å². The Balaban J connectivity index is 1.77. The molecule has 0 radical (unpaired) electrons. The number of hydrogen-bond acceptors (Lipinski definition) is 6. The van der Waals surface area contributed by atoms with E-state index in [1.165, 1.54) is 6.92 Å². The van der Waals surface area contributed by atoms with Crippen LogP contribution in [-0.4, -0.2) is 50.9 Å². The highest BCUT2D eigenvalue weighted by Gasteiger charge is 2.85. The predicted octanol–water partition coefficient (Wildman–Crippen LogP) is 0.510. The monoisotopic (exact) mass is 364 g/mol. The zero-order chi connectivity index (χ0) is 18.9. The van der Waals surface area contributed by atoms with Crippen LogP contribution in [0.5, 0.6) is 0 Å². The second kappa shape index (κ2) is 4.33. The fraction of sp³-hybridized carbons (Fsp3) is 0.842. The van der Waals surface area contributed by atoms with Crippen molar-refractivity contribution in [2.45, 2.75) is 63.8 Å². The minimum absolute atomic E-state index is 0.0429. The number of aliphatic hydroxyl groups is 2. The molecule has 4 bridgehead atoms. The molecule has 0 amide bonds. The Morgan fingerprint density at radius 2 is 1.92 bits per heavy atom.